The first-order valence-corrected chi connectivity index (χ1v) is 4.74. The van der Waals surface area contributed by atoms with Crippen molar-refractivity contribution in [2.75, 3.05) is 7.11 Å². The van der Waals surface area contributed by atoms with Gasteiger partial charge in [0.2, 0.25) is 0 Å². The van der Waals surface area contributed by atoms with Gasteiger partial charge < -0.3 is 4.74 Å². The Hall–Kier alpha value is -1.21. The van der Waals surface area contributed by atoms with Gasteiger partial charge in [0.05, 0.1) is 12.7 Å². The highest BCUT2D eigenvalue weighted by Gasteiger charge is 2.06. The second-order valence-corrected chi connectivity index (χ2v) is 3.53. The molecule has 0 aliphatic carbocycles. The Labute approximate surface area is 77.9 Å². The average Bonchev–Trinajstić information content (AvgIpc) is 2.41. The lowest BCUT2D eigenvalue weighted by molar-refractivity contribution is -0.135. The van der Waals surface area contributed by atoms with E-state index in [0.29, 0.717) is 19.5 Å². The maximum Gasteiger partial charge on any atom is 0.337 e. The van der Waals surface area contributed by atoms with E-state index in [1.807, 2.05) is 0 Å². The van der Waals surface area contributed by atoms with Crippen molar-refractivity contribution < 1.29 is 14.3 Å². The summed E-state index contributed by atoms with van der Waals surface area (Å²) in [5.41, 5.74) is 0.465. The number of carbonyl (C=O) groups is 2. The van der Waals surface area contributed by atoms with Gasteiger partial charge in [-0.1, -0.05) is 20.5 Å². The molecular formula is C9H9O3P. The quantitative estimate of drug-likeness (QED) is 0.380. The molecule has 0 bridgehead atoms. The zero-order valence-electron chi connectivity index (χ0n) is 7.11. The highest BCUT2D eigenvalue weighted by Crippen LogP contribution is 2.26. The van der Waals surface area contributed by atoms with Gasteiger partial charge in [-0.15, -0.1) is 0 Å². The van der Waals surface area contributed by atoms with Gasteiger partial charge in [0.15, 0.2) is 6.29 Å². The maximum absolute atomic E-state index is 11.1. The van der Waals surface area contributed by atoms with Gasteiger partial charge in [-0.25, -0.2) is 4.79 Å². The predicted molar refractivity (Wildman–Crippen MR) is 51.7 cm³/mol. The van der Waals surface area contributed by atoms with Crippen LogP contribution in [0, 0.1) is 0 Å². The summed E-state index contributed by atoms with van der Waals surface area (Å²) < 4.78 is 4.54. The molecular weight excluding hydrogens is 187 g/mol. The molecule has 13 heavy (non-hydrogen) atoms. The summed E-state index contributed by atoms with van der Waals surface area (Å²) >= 11 is 0. The summed E-state index contributed by atoms with van der Waals surface area (Å²) in [4.78, 5) is 21.5. The van der Waals surface area contributed by atoms with Crippen LogP contribution in [0.3, 0.4) is 0 Å². The molecule has 0 saturated carbocycles. The molecule has 0 aromatic carbocycles. The molecule has 0 N–H and O–H groups in total. The third-order valence-corrected chi connectivity index (χ3v) is 2.45. The molecule has 0 radical (unpaired) electrons. The fourth-order valence-corrected chi connectivity index (χ4v) is 1.54. The van der Waals surface area contributed by atoms with Crippen LogP contribution in [0.1, 0.15) is 0 Å². The molecule has 0 amide bonds. The Bertz CT molecular complexity index is 313. The van der Waals surface area contributed by atoms with E-state index in [1.54, 1.807) is 24.0 Å². The van der Waals surface area contributed by atoms with Gasteiger partial charge in [-0.3, -0.25) is 4.79 Å². The van der Waals surface area contributed by atoms with E-state index < -0.39 is 0 Å². The second-order valence-electron chi connectivity index (χ2n) is 2.33. The predicted octanol–water partition coefficient (Wildman–Crippen LogP) is 1.37. The van der Waals surface area contributed by atoms with Gasteiger partial charge in [0, 0.05) is 5.31 Å². The molecule has 1 atom stereocenters. The summed E-state index contributed by atoms with van der Waals surface area (Å²) in [6.45, 7) is 0. The molecule has 0 aromatic heterocycles. The third-order valence-electron chi connectivity index (χ3n) is 1.50. The van der Waals surface area contributed by atoms with E-state index in [4.69, 9.17) is 0 Å². The van der Waals surface area contributed by atoms with Crippen LogP contribution < -0.4 is 0 Å². The maximum atomic E-state index is 11.1. The van der Waals surface area contributed by atoms with E-state index in [2.05, 4.69) is 4.74 Å². The Kier molecular flexibility index (Phi) is 3.59. The van der Waals surface area contributed by atoms with Crippen LogP contribution in [-0.2, 0) is 14.3 Å². The SMILES string of the molecule is COC(=O)C1=CC=C(C=O)PC=C1. The van der Waals surface area contributed by atoms with Crippen molar-refractivity contribution in [1.82, 2.24) is 0 Å². The average molecular weight is 196 g/mol. The molecule has 0 saturated heterocycles. The number of allylic oxidation sites excluding steroid dienone is 3. The Morgan fingerprint density at radius 3 is 2.92 bits per heavy atom. The zero-order valence-corrected chi connectivity index (χ0v) is 8.11. The minimum Gasteiger partial charge on any atom is -0.465 e. The zero-order chi connectivity index (χ0) is 9.68. The van der Waals surface area contributed by atoms with E-state index in [9.17, 15) is 9.59 Å². The molecule has 1 aliphatic heterocycles. The topological polar surface area (TPSA) is 43.4 Å². The number of rotatable bonds is 2. The lowest BCUT2D eigenvalue weighted by atomic mass is 10.2. The largest absolute Gasteiger partial charge is 0.465 e. The van der Waals surface area contributed by atoms with E-state index in [0.717, 1.165) is 6.29 Å². The van der Waals surface area contributed by atoms with Gasteiger partial charge in [-0.2, -0.15) is 0 Å². The van der Waals surface area contributed by atoms with E-state index in [-0.39, 0.29) is 5.97 Å². The van der Waals surface area contributed by atoms with Crippen LogP contribution in [0.15, 0.2) is 34.9 Å². The van der Waals surface area contributed by atoms with Crippen LogP contribution in [0.25, 0.3) is 0 Å². The van der Waals surface area contributed by atoms with Crippen LogP contribution in [0.2, 0.25) is 0 Å². The van der Waals surface area contributed by atoms with Crippen molar-refractivity contribution in [1.29, 1.82) is 0 Å². The van der Waals surface area contributed by atoms with E-state index in [1.165, 1.54) is 7.11 Å². The molecule has 0 aromatic rings. The summed E-state index contributed by atoms with van der Waals surface area (Å²) in [5, 5.41) is 0.676. The van der Waals surface area contributed by atoms with Crippen LogP contribution in [0.4, 0.5) is 0 Å². The number of esters is 1. The van der Waals surface area contributed by atoms with Gasteiger partial charge in [0.1, 0.15) is 0 Å². The van der Waals surface area contributed by atoms with Crippen molar-refractivity contribution in [3.8, 4) is 0 Å². The molecule has 1 heterocycles. The standard InChI is InChI=1S/C9H9O3P/c1-12-9(11)7-2-3-8(6-10)13-5-4-7/h2-6,13H,1H3. The first kappa shape index (κ1) is 9.87. The number of hydrogen-bond donors (Lipinski definition) is 0. The summed E-state index contributed by atoms with van der Waals surface area (Å²) in [7, 11) is 1.65. The molecule has 0 fully saturated rings. The summed E-state index contributed by atoms with van der Waals surface area (Å²) in [6.07, 6.45) is 5.68. The normalized spacial score (nSPS) is 17.3. The molecule has 68 valence electrons. The molecule has 3 nitrogen and oxygen atoms in total. The first-order valence-electron chi connectivity index (χ1n) is 3.66. The highest BCUT2D eigenvalue weighted by atomic mass is 31.1. The van der Waals surface area contributed by atoms with Crippen molar-refractivity contribution in [2.24, 2.45) is 0 Å². The number of methoxy groups -OCH3 is 1. The van der Waals surface area contributed by atoms with E-state index >= 15 is 0 Å². The fraction of sp³-hybridized carbons (Fsp3) is 0.111. The van der Waals surface area contributed by atoms with Crippen LogP contribution >= 0.6 is 8.58 Å². The number of aldehydes is 1. The third kappa shape index (κ3) is 2.63. The van der Waals surface area contributed by atoms with Gasteiger partial charge >= 0.3 is 5.97 Å². The monoisotopic (exact) mass is 196 g/mol. The van der Waals surface area contributed by atoms with Crippen LogP contribution in [0.5, 0.6) is 0 Å². The minimum atomic E-state index is -0.385. The minimum absolute atomic E-state index is 0.319. The molecule has 1 rings (SSSR count). The Morgan fingerprint density at radius 1 is 1.54 bits per heavy atom. The lowest BCUT2D eigenvalue weighted by Gasteiger charge is -1.95. The van der Waals surface area contributed by atoms with Crippen molar-refractivity contribution in [3.63, 3.8) is 0 Å². The second kappa shape index (κ2) is 4.73. The first-order chi connectivity index (χ1) is 6.27. The Morgan fingerprint density at radius 2 is 2.31 bits per heavy atom. The van der Waals surface area contributed by atoms with Gasteiger partial charge in [-0.05, 0) is 12.2 Å². The highest BCUT2D eigenvalue weighted by molar-refractivity contribution is 7.48. The smallest absolute Gasteiger partial charge is 0.337 e. The molecule has 0 spiro atoms. The number of ether oxygens (including phenoxy) is 1. The fourth-order valence-electron chi connectivity index (χ4n) is 0.838. The van der Waals surface area contributed by atoms with Crippen molar-refractivity contribution in [2.45, 2.75) is 0 Å². The lowest BCUT2D eigenvalue weighted by Crippen LogP contribution is -2.01. The van der Waals surface area contributed by atoms with Crippen molar-refractivity contribution >= 4 is 20.8 Å². The van der Waals surface area contributed by atoms with Gasteiger partial charge in [0.25, 0.3) is 0 Å². The van der Waals surface area contributed by atoms with Crippen molar-refractivity contribution in [3.05, 3.63) is 34.9 Å². The molecule has 1 unspecified atom stereocenters. The van der Waals surface area contributed by atoms with Crippen LogP contribution in [-0.4, -0.2) is 19.4 Å². The molecule has 1 aliphatic rings. The Balaban J connectivity index is 2.88. The summed E-state index contributed by atoms with van der Waals surface area (Å²) in [6, 6.07) is 0. The number of carbonyl (C=O) groups excluding carboxylic acids is 2. The molecule has 4 heteroatoms. The summed E-state index contributed by atoms with van der Waals surface area (Å²) in [5.74, 6) is 1.40. The number of hydrogen-bond acceptors (Lipinski definition) is 3.